The molecule has 0 aromatic heterocycles. The molecule has 0 aromatic carbocycles. The maximum Gasteiger partial charge on any atom is 1.00 e. The molecule has 4 saturated carbocycles. The summed E-state index contributed by atoms with van der Waals surface area (Å²) in [6.07, 6.45) is 12.8. The minimum Gasteiger partial charge on any atom is -0.741 e. The third kappa shape index (κ3) is 7.44. The van der Waals surface area contributed by atoms with Crippen molar-refractivity contribution in [3.8, 4) is 0 Å². The van der Waals surface area contributed by atoms with Crippen LogP contribution in [0, 0.1) is 23.2 Å². The van der Waals surface area contributed by atoms with E-state index in [0.29, 0.717) is 17.1 Å². The van der Waals surface area contributed by atoms with Crippen molar-refractivity contribution < 1.29 is 17.1 Å². The van der Waals surface area contributed by atoms with Crippen molar-refractivity contribution in [2.24, 2.45) is 43.4 Å². The number of hydrazone groups is 2. The van der Waals surface area contributed by atoms with Crippen molar-refractivity contribution in [3.05, 3.63) is 0 Å². The number of nitrogens with zero attached hydrogens (tertiary/aromatic N) is 4. The average Bonchev–Trinajstić information content (AvgIpc) is 2.70. The number of aliphatic imine (C=N–C) groups is 2. The summed E-state index contributed by atoms with van der Waals surface area (Å²) < 4.78 is 0. The van der Waals surface area contributed by atoms with Gasteiger partial charge in [0.2, 0.25) is 0 Å². The molecule has 0 atom stereocenters. The second-order valence-corrected chi connectivity index (χ2v) is 10.3. The van der Waals surface area contributed by atoms with Crippen LogP contribution in [0.1, 0.15) is 72.1 Å². The van der Waals surface area contributed by atoms with E-state index in [0.717, 1.165) is 47.3 Å². The van der Waals surface area contributed by atoms with Crippen LogP contribution in [0.15, 0.2) is 20.2 Å². The van der Waals surface area contributed by atoms with Crippen molar-refractivity contribution in [1.82, 2.24) is 10.9 Å². The molecule has 0 heterocycles. The fourth-order valence-corrected chi connectivity index (χ4v) is 6.65. The molecule has 4 aliphatic carbocycles. The summed E-state index contributed by atoms with van der Waals surface area (Å²) in [6.45, 7) is 7.40. The van der Waals surface area contributed by atoms with E-state index in [4.69, 9.17) is 12.6 Å². The zero-order chi connectivity index (χ0) is 21.6. The van der Waals surface area contributed by atoms with E-state index in [1.807, 2.05) is 27.0 Å². The van der Waals surface area contributed by atoms with E-state index in [1.54, 1.807) is 11.8 Å². The van der Waals surface area contributed by atoms with Gasteiger partial charge in [-0.05, 0) is 107 Å². The molecule has 0 radical (unpaired) electrons. The Bertz CT molecular complexity index is 684. The van der Waals surface area contributed by atoms with Gasteiger partial charge in [0.1, 0.15) is 0 Å². The summed E-state index contributed by atoms with van der Waals surface area (Å²) in [5.74, 6) is 2.91. The number of hydrogen-bond acceptors (Lipinski definition) is 6. The first-order chi connectivity index (χ1) is 14.5. The molecule has 0 saturated heterocycles. The van der Waals surface area contributed by atoms with Gasteiger partial charge in [-0.25, -0.2) is 0 Å². The van der Waals surface area contributed by atoms with Crippen LogP contribution in [0.2, 0.25) is 0 Å². The van der Waals surface area contributed by atoms with Crippen LogP contribution < -0.4 is 10.9 Å². The van der Waals surface area contributed by atoms with E-state index in [1.165, 1.54) is 44.9 Å². The molecule has 4 bridgehead atoms. The summed E-state index contributed by atoms with van der Waals surface area (Å²) in [5, 5.41) is 10.5. The number of rotatable bonds is 8. The van der Waals surface area contributed by atoms with Crippen LogP contribution in [0.4, 0.5) is 0 Å². The smallest absolute Gasteiger partial charge is 0.741 e. The van der Waals surface area contributed by atoms with Crippen LogP contribution >= 0.6 is 11.8 Å². The summed E-state index contributed by atoms with van der Waals surface area (Å²) in [4.78, 5) is 8.63. The Balaban J connectivity index is 0.00000341. The Morgan fingerprint density at radius 2 is 1.55 bits per heavy atom. The molecule has 9 heteroatoms. The van der Waals surface area contributed by atoms with Gasteiger partial charge < -0.3 is 12.6 Å². The molecule has 4 fully saturated rings. The van der Waals surface area contributed by atoms with Gasteiger partial charge in [0, 0.05) is 13.1 Å². The standard InChI is InChI=1S/C22H38N6S2.Cu/c1-5-23-20(29)27-26-19(15(3)25-28-21(30-4)24-6-2)7-8-22-12-16-9-17(13-22)11-18(10-16)14-22;/h16-18H,5-14H2,1-4H3,(H,24,28)(H2,23,27,29);/q;+1/p-1/b25-15+,26-19+;. The third-order valence-corrected chi connectivity index (χ3v) is 7.70. The van der Waals surface area contributed by atoms with Crippen LogP contribution in [0.3, 0.4) is 0 Å². The van der Waals surface area contributed by atoms with Gasteiger partial charge >= 0.3 is 17.1 Å². The Kier molecular flexibility index (Phi) is 10.8. The summed E-state index contributed by atoms with van der Waals surface area (Å²) in [5.41, 5.74) is 8.41. The van der Waals surface area contributed by atoms with Gasteiger partial charge in [-0.15, -0.1) is 0 Å². The predicted molar refractivity (Wildman–Crippen MR) is 133 cm³/mol. The molecule has 0 aliphatic heterocycles. The fraction of sp³-hybridized carbons (Fsp3) is 0.818. The first kappa shape index (κ1) is 26.6. The van der Waals surface area contributed by atoms with Crippen molar-refractivity contribution in [1.29, 1.82) is 0 Å². The first-order valence-corrected chi connectivity index (χ1v) is 13.0. The zero-order valence-corrected chi connectivity index (χ0v) is 21.8. The maximum absolute atomic E-state index is 5.25. The molecule has 0 amide bonds. The van der Waals surface area contributed by atoms with Gasteiger partial charge in [0.25, 0.3) is 0 Å². The van der Waals surface area contributed by atoms with Crippen LogP contribution in [-0.4, -0.2) is 41.1 Å². The SMILES string of the molecule is CCN=C([S-])N/N=C(CCC12CC3CC(CC(C3)C1)C2)/C(C)=N/NC(=NCC)SC.[Cu+]. The topological polar surface area (TPSA) is 73.5 Å². The van der Waals surface area contributed by atoms with Crippen molar-refractivity contribution in [3.63, 3.8) is 0 Å². The molecule has 0 unspecified atom stereocenters. The molecule has 31 heavy (non-hydrogen) atoms. The van der Waals surface area contributed by atoms with Crippen LogP contribution in [0.25, 0.3) is 0 Å². The third-order valence-electron chi connectivity index (χ3n) is 6.88. The van der Waals surface area contributed by atoms with Gasteiger partial charge in [-0.2, -0.15) is 10.2 Å². The quantitative estimate of drug-likeness (QED) is 0.164. The largest absolute Gasteiger partial charge is 1.00 e. The second kappa shape index (κ2) is 12.6. The van der Waals surface area contributed by atoms with Crippen LogP contribution in [-0.2, 0) is 29.7 Å². The Morgan fingerprint density at radius 1 is 0.968 bits per heavy atom. The van der Waals surface area contributed by atoms with Crippen molar-refractivity contribution in [2.75, 3.05) is 19.3 Å². The van der Waals surface area contributed by atoms with Gasteiger partial charge in [0.15, 0.2) is 5.17 Å². The fourth-order valence-electron chi connectivity index (χ4n) is 6.08. The average molecular weight is 513 g/mol. The normalized spacial score (nSPS) is 30.9. The Hall–Kier alpha value is -0.631. The van der Waals surface area contributed by atoms with Gasteiger partial charge in [0.05, 0.1) is 11.4 Å². The molecule has 4 rings (SSSR count). The number of nitrogens with one attached hydrogen (secondary N) is 2. The number of hydrogen-bond donors (Lipinski definition) is 2. The number of amidine groups is 2. The molecule has 0 spiro atoms. The number of thioether (sulfide) groups is 1. The summed E-state index contributed by atoms with van der Waals surface area (Å²) in [7, 11) is 0. The molecule has 178 valence electrons. The van der Waals surface area contributed by atoms with Crippen LogP contribution in [0.5, 0.6) is 0 Å². The molecule has 6 nitrogen and oxygen atoms in total. The van der Waals surface area contributed by atoms with E-state index >= 15 is 0 Å². The van der Waals surface area contributed by atoms with Gasteiger partial charge in [-0.1, -0.05) is 11.8 Å². The minimum atomic E-state index is 0. The summed E-state index contributed by atoms with van der Waals surface area (Å²) in [6, 6.07) is 0. The zero-order valence-electron chi connectivity index (χ0n) is 19.2. The molecule has 4 aliphatic rings. The molecular weight excluding hydrogens is 476 g/mol. The van der Waals surface area contributed by atoms with E-state index in [9.17, 15) is 0 Å². The Morgan fingerprint density at radius 3 is 2.06 bits per heavy atom. The van der Waals surface area contributed by atoms with E-state index < -0.39 is 0 Å². The molecule has 0 aromatic rings. The molecular formula is C22H37CuN6S2. The second-order valence-electron chi connectivity index (χ2n) is 9.16. The predicted octanol–water partition coefficient (Wildman–Crippen LogP) is 4.55. The summed E-state index contributed by atoms with van der Waals surface area (Å²) >= 11 is 6.82. The monoisotopic (exact) mass is 512 g/mol. The first-order valence-electron chi connectivity index (χ1n) is 11.4. The van der Waals surface area contributed by atoms with Crippen molar-refractivity contribution >= 4 is 46.1 Å². The Labute approximate surface area is 208 Å². The van der Waals surface area contributed by atoms with Gasteiger partial charge in [-0.3, -0.25) is 20.8 Å². The van der Waals surface area contributed by atoms with E-state index in [2.05, 4.69) is 31.0 Å². The van der Waals surface area contributed by atoms with E-state index in [-0.39, 0.29) is 17.1 Å². The van der Waals surface area contributed by atoms with Crippen molar-refractivity contribution in [2.45, 2.75) is 72.1 Å². The molecule has 2 N–H and O–H groups in total. The minimum absolute atomic E-state index is 0. The maximum atomic E-state index is 5.25.